The first-order chi connectivity index (χ1) is 8.28. The minimum Gasteiger partial charge on any atom is -0.374 e. The van der Waals surface area contributed by atoms with Crippen LogP contribution in [0.25, 0.3) is 0 Å². The largest absolute Gasteiger partial charge is 0.374 e. The Kier molecular flexibility index (Phi) is 4.91. The van der Waals surface area contributed by atoms with E-state index >= 15 is 0 Å². The lowest BCUT2D eigenvalue weighted by atomic mass is 10.2. The van der Waals surface area contributed by atoms with E-state index in [1.807, 2.05) is 6.92 Å². The highest BCUT2D eigenvalue weighted by molar-refractivity contribution is 7.09. The Morgan fingerprint density at radius 2 is 2.53 bits per heavy atom. The molecule has 0 aliphatic carbocycles. The molecule has 0 spiro atoms. The highest BCUT2D eigenvalue weighted by Crippen LogP contribution is 2.08. The summed E-state index contributed by atoms with van der Waals surface area (Å²) < 4.78 is 5.73. The summed E-state index contributed by atoms with van der Waals surface area (Å²) >= 11 is 1.70. The molecule has 1 fully saturated rings. The van der Waals surface area contributed by atoms with E-state index < -0.39 is 0 Å². The lowest BCUT2D eigenvalue weighted by molar-refractivity contribution is -0.0254. The van der Waals surface area contributed by atoms with Gasteiger partial charge in [-0.1, -0.05) is 6.92 Å². The van der Waals surface area contributed by atoms with Crippen molar-refractivity contribution < 1.29 is 4.74 Å². The van der Waals surface area contributed by atoms with Gasteiger partial charge < -0.3 is 10.1 Å². The molecule has 0 radical (unpaired) electrons. The number of ether oxygens (including phenoxy) is 1. The lowest BCUT2D eigenvalue weighted by Crippen LogP contribution is -2.46. The molecule has 2 rings (SSSR count). The minimum atomic E-state index is 0.323. The highest BCUT2D eigenvalue weighted by Gasteiger charge is 2.18. The van der Waals surface area contributed by atoms with Crippen molar-refractivity contribution in [2.24, 2.45) is 0 Å². The first-order valence-electron chi connectivity index (χ1n) is 6.23. The van der Waals surface area contributed by atoms with E-state index in [0.717, 1.165) is 50.0 Å². The van der Waals surface area contributed by atoms with Crippen LogP contribution in [-0.4, -0.2) is 48.8 Å². The second-order valence-electron chi connectivity index (χ2n) is 4.37. The first kappa shape index (κ1) is 13.0. The maximum Gasteiger partial charge on any atom is 0.0897 e. The molecule has 5 heteroatoms. The van der Waals surface area contributed by atoms with Crippen LogP contribution < -0.4 is 5.32 Å². The smallest absolute Gasteiger partial charge is 0.0897 e. The molecular formula is C12H21N3OS. The summed E-state index contributed by atoms with van der Waals surface area (Å²) in [6, 6.07) is 0. The number of likely N-dealkylation sites (N-methyl/N-ethyl adjacent to an activating group) is 1. The number of nitrogens with zero attached hydrogens (tertiary/aromatic N) is 2. The van der Waals surface area contributed by atoms with Gasteiger partial charge in [-0.3, -0.25) is 4.90 Å². The van der Waals surface area contributed by atoms with Crippen LogP contribution in [0.5, 0.6) is 0 Å². The normalized spacial score (nSPS) is 21.9. The van der Waals surface area contributed by atoms with Gasteiger partial charge >= 0.3 is 0 Å². The lowest BCUT2D eigenvalue weighted by Gasteiger charge is -2.32. The molecule has 1 N–H and O–H groups in total. The van der Waals surface area contributed by atoms with Crippen molar-refractivity contribution in [1.29, 1.82) is 0 Å². The molecule has 1 aromatic rings. The predicted octanol–water partition coefficient (Wildman–Crippen LogP) is 1.26. The fraction of sp³-hybridized carbons (Fsp3) is 0.750. The second-order valence-corrected chi connectivity index (χ2v) is 5.44. The van der Waals surface area contributed by atoms with E-state index in [4.69, 9.17) is 4.74 Å². The average Bonchev–Trinajstić information content (AvgIpc) is 2.75. The fourth-order valence-corrected chi connectivity index (χ4v) is 2.65. The van der Waals surface area contributed by atoms with Crippen molar-refractivity contribution in [3.05, 3.63) is 16.1 Å². The van der Waals surface area contributed by atoms with Gasteiger partial charge in [-0.2, -0.15) is 0 Å². The fourth-order valence-electron chi connectivity index (χ4n) is 2.04. The average molecular weight is 255 g/mol. The van der Waals surface area contributed by atoms with Crippen LogP contribution in [0, 0.1) is 6.92 Å². The third-order valence-corrected chi connectivity index (χ3v) is 3.84. The maximum atomic E-state index is 5.73. The van der Waals surface area contributed by atoms with Gasteiger partial charge in [0.15, 0.2) is 0 Å². The number of morpholine rings is 1. The summed E-state index contributed by atoms with van der Waals surface area (Å²) in [6.07, 6.45) is 0.323. The number of hydrogen-bond donors (Lipinski definition) is 1. The topological polar surface area (TPSA) is 37.4 Å². The molecule has 2 heterocycles. The van der Waals surface area contributed by atoms with E-state index in [1.165, 1.54) is 0 Å². The molecule has 0 bridgehead atoms. The van der Waals surface area contributed by atoms with Crippen LogP contribution in [0.2, 0.25) is 0 Å². The van der Waals surface area contributed by atoms with Crippen LogP contribution >= 0.6 is 11.3 Å². The van der Waals surface area contributed by atoms with Gasteiger partial charge in [0.25, 0.3) is 0 Å². The molecular weight excluding hydrogens is 234 g/mol. The third-order valence-electron chi connectivity index (χ3n) is 3.01. The summed E-state index contributed by atoms with van der Waals surface area (Å²) in [7, 11) is 0. The molecule has 1 aliphatic heterocycles. The van der Waals surface area contributed by atoms with Gasteiger partial charge in [-0.25, -0.2) is 4.98 Å². The van der Waals surface area contributed by atoms with Gasteiger partial charge in [-0.15, -0.1) is 11.3 Å². The molecule has 1 aliphatic rings. The monoisotopic (exact) mass is 255 g/mol. The number of aryl methyl sites for hydroxylation is 1. The van der Waals surface area contributed by atoms with Crippen LogP contribution in [0.4, 0.5) is 0 Å². The number of rotatable bonds is 5. The molecule has 0 amide bonds. The number of thiazole rings is 1. The Bertz CT molecular complexity index is 342. The van der Waals surface area contributed by atoms with Crippen LogP contribution in [-0.2, 0) is 11.3 Å². The number of aromatic nitrogens is 1. The van der Waals surface area contributed by atoms with Crippen LogP contribution in [0.15, 0.2) is 5.38 Å². The first-order valence-corrected chi connectivity index (χ1v) is 7.11. The van der Waals surface area contributed by atoms with Gasteiger partial charge in [0, 0.05) is 31.6 Å². The summed E-state index contributed by atoms with van der Waals surface area (Å²) in [5.74, 6) is 0. The van der Waals surface area contributed by atoms with E-state index in [2.05, 4.69) is 27.5 Å². The minimum absolute atomic E-state index is 0.323. The van der Waals surface area contributed by atoms with E-state index in [0.29, 0.717) is 6.10 Å². The predicted molar refractivity (Wildman–Crippen MR) is 70.4 cm³/mol. The highest BCUT2D eigenvalue weighted by atomic mass is 32.1. The van der Waals surface area contributed by atoms with Crippen molar-refractivity contribution in [2.75, 3.05) is 32.8 Å². The van der Waals surface area contributed by atoms with Crippen molar-refractivity contribution in [3.8, 4) is 0 Å². The number of nitrogens with one attached hydrogen (secondary N) is 1. The van der Waals surface area contributed by atoms with Gasteiger partial charge in [0.1, 0.15) is 0 Å². The van der Waals surface area contributed by atoms with Crippen LogP contribution in [0.1, 0.15) is 17.6 Å². The maximum absolute atomic E-state index is 5.73. The molecule has 96 valence electrons. The Morgan fingerprint density at radius 1 is 1.65 bits per heavy atom. The number of hydrogen-bond acceptors (Lipinski definition) is 5. The van der Waals surface area contributed by atoms with Gasteiger partial charge in [0.2, 0.25) is 0 Å². The molecule has 17 heavy (non-hydrogen) atoms. The van der Waals surface area contributed by atoms with Gasteiger partial charge in [0.05, 0.1) is 23.4 Å². The summed E-state index contributed by atoms with van der Waals surface area (Å²) in [6.45, 7) is 10.1. The Hall–Kier alpha value is -0.490. The second kappa shape index (κ2) is 6.44. The van der Waals surface area contributed by atoms with Crippen molar-refractivity contribution in [1.82, 2.24) is 15.2 Å². The standard InChI is InChI=1S/C12H21N3OS/c1-3-15-4-5-16-12(8-15)7-13-6-11-9-17-10(2)14-11/h9,12-13H,3-8H2,1-2H3/t12-/m0/s1. The molecule has 1 atom stereocenters. The zero-order valence-electron chi connectivity index (χ0n) is 10.6. The molecule has 0 saturated carbocycles. The van der Waals surface area contributed by atoms with Crippen molar-refractivity contribution >= 4 is 11.3 Å². The van der Waals surface area contributed by atoms with Crippen LogP contribution in [0.3, 0.4) is 0 Å². The zero-order chi connectivity index (χ0) is 12.1. The Morgan fingerprint density at radius 3 is 3.24 bits per heavy atom. The Labute approximate surface area is 107 Å². The summed E-state index contributed by atoms with van der Waals surface area (Å²) in [4.78, 5) is 6.86. The van der Waals surface area contributed by atoms with Gasteiger partial charge in [-0.05, 0) is 13.5 Å². The van der Waals surface area contributed by atoms with E-state index in [9.17, 15) is 0 Å². The zero-order valence-corrected chi connectivity index (χ0v) is 11.4. The molecule has 1 aromatic heterocycles. The van der Waals surface area contributed by atoms with E-state index in [1.54, 1.807) is 11.3 Å². The summed E-state index contributed by atoms with van der Waals surface area (Å²) in [5.41, 5.74) is 1.13. The SMILES string of the molecule is CCN1CCO[C@@H](CNCc2csc(C)n2)C1. The Balaban J connectivity index is 1.68. The van der Waals surface area contributed by atoms with Crippen molar-refractivity contribution in [2.45, 2.75) is 26.5 Å². The van der Waals surface area contributed by atoms with Crippen molar-refractivity contribution in [3.63, 3.8) is 0 Å². The molecule has 1 saturated heterocycles. The third kappa shape index (κ3) is 4.03. The molecule has 0 aromatic carbocycles. The quantitative estimate of drug-likeness (QED) is 0.859. The summed E-state index contributed by atoms with van der Waals surface area (Å²) in [5, 5.41) is 6.67. The molecule has 0 unspecified atom stereocenters. The molecule has 4 nitrogen and oxygen atoms in total. The van der Waals surface area contributed by atoms with E-state index in [-0.39, 0.29) is 0 Å².